The average molecular weight is 161 g/mol. The van der Waals surface area contributed by atoms with Gasteiger partial charge in [0.05, 0.1) is 19.6 Å². The van der Waals surface area contributed by atoms with Crippen molar-refractivity contribution < 1.29 is 4.79 Å². The predicted octanol–water partition coefficient (Wildman–Crippen LogP) is 0.365. The van der Waals surface area contributed by atoms with Crippen LogP contribution in [0.1, 0.15) is 16.8 Å². The summed E-state index contributed by atoms with van der Waals surface area (Å²) in [5.41, 5.74) is 0.569. The molecule has 1 aromatic rings. The van der Waals surface area contributed by atoms with Gasteiger partial charge in [-0.2, -0.15) is 5.10 Å². The fourth-order valence-corrected chi connectivity index (χ4v) is 1.29. The highest BCUT2D eigenvalue weighted by molar-refractivity contribution is 6.28. The number of fused-ring (bicyclic) bond motifs is 1. The first kappa shape index (κ1) is 7.40. The second-order valence-corrected chi connectivity index (χ2v) is 2.84. The minimum Gasteiger partial charge on any atom is -0.370 e. The summed E-state index contributed by atoms with van der Waals surface area (Å²) in [5, 5.41) is 9.52. The highest BCUT2D eigenvalue weighted by atomic mass is 16.1. The standard InChI is InChI=1S/C7H8BN3O/c8-5-1-2-9-7-4(6(5)12)3-10-11-7/h3,5H,1-2H2,(H2,9,10,11). The number of aromatic amines is 1. The Morgan fingerprint density at radius 2 is 2.50 bits per heavy atom. The second-order valence-electron chi connectivity index (χ2n) is 2.84. The number of aromatic nitrogens is 2. The topological polar surface area (TPSA) is 57.8 Å². The number of anilines is 1. The molecule has 0 bridgehead atoms. The van der Waals surface area contributed by atoms with Gasteiger partial charge >= 0.3 is 0 Å². The molecule has 2 heterocycles. The Labute approximate surface area is 71.1 Å². The Kier molecular flexibility index (Phi) is 1.64. The predicted molar refractivity (Wildman–Crippen MR) is 45.5 cm³/mol. The van der Waals surface area contributed by atoms with Crippen molar-refractivity contribution in [3.8, 4) is 0 Å². The van der Waals surface area contributed by atoms with Crippen molar-refractivity contribution >= 4 is 19.4 Å². The van der Waals surface area contributed by atoms with Crippen molar-refractivity contribution in [2.45, 2.75) is 12.2 Å². The molecule has 1 atom stereocenters. The smallest absolute Gasteiger partial charge is 0.162 e. The van der Waals surface area contributed by atoms with Crippen LogP contribution in [-0.2, 0) is 0 Å². The van der Waals surface area contributed by atoms with Gasteiger partial charge in [0.1, 0.15) is 5.82 Å². The van der Waals surface area contributed by atoms with Crippen molar-refractivity contribution in [1.82, 2.24) is 10.2 Å². The summed E-state index contributed by atoms with van der Waals surface area (Å²) in [6.45, 7) is 0.710. The van der Waals surface area contributed by atoms with E-state index in [1.54, 1.807) is 0 Å². The molecule has 0 saturated carbocycles. The molecule has 0 spiro atoms. The van der Waals surface area contributed by atoms with Crippen molar-refractivity contribution in [3.05, 3.63) is 11.8 Å². The van der Waals surface area contributed by atoms with E-state index in [9.17, 15) is 4.79 Å². The summed E-state index contributed by atoms with van der Waals surface area (Å²) in [4.78, 5) is 11.5. The molecule has 1 aliphatic rings. The van der Waals surface area contributed by atoms with E-state index in [4.69, 9.17) is 7.85 Å². The van der Waals surface area contributed by atoms with Crippen molar-refractivity contribution in [3.63, 3.8) is 0 Å². The maximum atomic E-state index is 11.5. The van der Waals surface area contributed by atoms with E-state index in [0.29, 0.717) is 24.3 Å². The van der Waals surface area contributed by atoms with Crippen molar-refractivity contribution in [2.24, 2.45) is 0 Å². The van der Waals surface area contributed by atoms with Crippen LogP contribution >= 0.6 is 0 Å². The lowest BCUT2D eigenvalue weighted by Crippen LogP contribution is -2.07. The Hall–Kier alpha value is -1.26. The van der Waals surface area contributed by atoms with Gasteiger partial charge in [0.25, 0.3) is 0 Å². The zero-order valence-corrected chi connectivity index (χ0v) is 6.50. The molecule has 0 fully saturated rings. The van der Waals surface area contributed by atoms with Crippen LogP contribution in [0.2, 0.25) is 5.82 Å². The summed E-state index contributed by atoms with van der Waals surface area (Å²) in [6, 6.07) is 0. The van der Waals surface area contributed by atoms with Gasteiger partial charge in [-0.05, 0) is 12.2 Å². The first-order valence-electron chi connectivity index (χ1n) is 3.86. The lowest BCUT2D eigenvalue weighted by Gasteiger charge is -2.02. The number of H-pyrrole nitrogens is 1. The van der Waals surface area contributed by atoms with E-state index >= 15 is 0 Å². The van der Waals surface area contributed by atoms with Gasteiger partial charge in [-0.15, -0.1) is 0 Å². The third-order valence-corrected chi connectivity index (χ3v) is 2.00. The number of hydrogen-bond donors (Lipinski definition) is 2. The number of rotatable bonds is 0. The molecule has 2 radical (unpaired) electrons. The van der Waals surface area contributed by atoms with Crippen LogP contribution in [-0.4, -0.2) is 30.4 Å². The quantitative estimate of drug-likeness (QED) is 0.540. The minimum atomic E-state index is -0.392. The number of hydrogen-bond acceptors (Lipinski definition) is 3. The fraction of sp³-hybridized carbons (Fsp3) is 0.429. The Morgan fingerprint density at radius 3 is 3.33 bits per heavy atom. The van der Waals surface area contributed by atoms with Gasteiger partial charge in [0.15, 0.2) is 5.78 Å². The first-order chi connectivity index (χ1) is 5.79. The van der Waals surface area contributed by atoms with Crippen LogP contribution in [0.25, 0.3) is 0 Å². The number of ketones is 1. The van der Waals surface area contributed by atoms with Crippen LogP contribution in [0.5, 0.6) is 0 Å². The molecule has 0 aromatic carbocycles. The van der Waals surface area contributed by atoms with Gasteiger partial charge in [0.2, 0.25) is 0 Å². The number of carbonyl (C=O) groups is 1. The lowest BCUT2D eigenvalue weighted by molar-refractivity contribution is 0.0984. The third kappa shape index (κ3) is 1.01. The van der Waals surface area contributed by atoms with E-state index in [1.165, 1.54) is 6.20 Å². The van der Waals surface area contributed by atoms with Gasteiger partial charge in [-0.1, -0.05) is 0 Å². The van der Waals surface area contributed by atoms with Gasteiger partial charge in [-0.25, -0.2) is 0 Å². The average Bonchev–Trinajstić information content (AvgIpc) is 2.46. The van der Waals surface area contributed by atoms with Crippen LogP contribution < -0.4 is 5.32 Å². The monoisotopic (exact) mass is 161 g/mol. The highest BCUT2D eigenvalue weighted by Crippen LogP contribution is 2.23. The van der Waals surface area contributed by atoms with Crippen LogP contribution in [0.15, 0.2) is 6.20 Å². The van der Waals surface area contributed by atoms with E-state index in [1.807, 2.05) is 0 Å². The van der Waals surface area contributed by atoms with Crippen molar-refractivity contribution in [1.29, 1.82) is 0 Å². The molecule has 1 aromatic heterocycles. The molecule has 5 heteroatoms. The normalized spacial score (nSPS) is 22.7. The minimum absolute atomic E-state index is 0.0382. The summed E-state index contributed by atoms with van der Waals surface area (Å²) in [7, 11) is 5.62. The van der Waals surface area contributed by atoms with Crippen LogP contribution in [0, 0.1) is 0 Å². The van der Waals surface area contributed by atoms with Crippen LogP contribution in [0.3, 0.4) is 0 Å². The Balaban J connectivity index is 2.41. The van der Waals surface area contributed by atoms with Gasteiger partial charge < -0.3 is 5.32 Å². The third-order valence-electron chi connectivity index (χ3n) is 2.00. The van der Waals surface area contributed by atoms with E-state index in [0.717, 1.165) is 0 Å². The molecule has 60 valence electrons. The molecule has 0 saturated heterocycles. The molecule has 2 rings (SSSR count). The van der Waals surface area contributed by atoms with Crippen LogP contribution in [0.4, 0.5) is 5.82 Å². The molecule has 4 nitrogen and oxygen atoms in total. The number of carbonyl (C=O) groups excluding carboxylic acids is 1. The second kappa shape index (κ2) is 2.66. The zero-order chi connectivity index (χ0) is 8.55. The molecule has 1 unspecified atom stereocenters. The molecule has 12 heavy (non-hydrogen) atoms. The summed E-state index contributed by atoms with van der Waals surface area (Å²) in [6.07, 6.45) is 2.18. The van der Waals surface area contributed by atoms with Gasteiger partial charge in [-0.3, -0.25) is 9.89 Å². The molecular formula is C7H8BN3O. The molecule has 2 N–H and O–H groups in total. The fourth-order valence-electron chi connectivity index (χ4n) is 1.29. The van der Waals surface area contributed by atoms with Gasteiger partial charge in [0, 0.05) is 6.54 Å². The summed E-state index contributed by atoms with van der Waals surface area (Å²) < 4.78 is 0. The van der Waals surface area contributed by atoms with E-state index in [-0.39, 0.29) is 5.78 Å². The summed E-state index contributed by atoms with van der Waals surface area (Å²) in [5.74, 6) is 0.257. The summed E-state index contributed by atoms with van der Waals surface area (Å²) >= 11 is 0. The zero-order valence-electron chi connectivity index (χ0n) is 6.50. The molecular weight excluding hydrogens is 153 g/mol. The maximum absolute atomic E-state index is 11.5. The number of nitrogens with zero attached hydrogens (tertiary/aromatic N) is 1. The molecule has 0 amide bonds. The molecule has 0 aliphatic carbocycles. The molecule has 1 aliphatic heterocycles. The highest BCUT2D eigenvalue weighted by Gasteiger charge is 2.22. The first-order valence-corrected chi connectivity index (χ1v) is 3.86. The largest absolute Gasteiger partial charge is 0.370 e. The Bertz CT molecular complexity index is 309. The Morgan fingerprint density at radius 1 is 1.67 bits per heavy atom. The number of nitrogens with one attached hydrogen (secondary N) is 2. The van der Waals surface area contributed by atoms with E-state index < -0.39 is 5.82 Å². The van der Waals surface area contributed by atoms with E-state index in [2.05, 4.69) is 15.5 Å². The number of Topliss-reactive ketones (excluding diaryl/α,β-unsaturated/α-hetero) is 1. The lowest BCUT2D eigenvalue weighted by atomic mass is 9.80. The van der Waals surface area contributed by atoms with Crippen molar-refractivity contribution in [2.75, 3.05) is 11.9 Å². The maximum Gasteiger partial charge on any atom is 0.162 e. The SMILES string of the molecule is [B]C1CCNc2[nH]ncc2C1=O.